The normalized spacial score (nSPS) is 12.2. The molecule has 0 aliphatic heterocycles. The smallest absolute Gasteiger partial charge is 0.344 e. The lowest BCUT2D eigenvalue weighted by molar-refractivity contribution is -0.384. The fraction of sp³-hybridized carbons (Fsp3) is 0.300. The summed E-state index contributed by atoms with van der Waals surface area (Å²) in [6.07, 6.45) is 3.21. The molecule has 0 heterocycles. The second kappa shape index (κ2) is 8.51. The van der Waals surface area contributed by atoms with Crippen LogP contribution in [-0.4, -0.2) is 30.0 Å². The minimum absolute atomic E-state index is 0.0642. The van der Waals surface area contributed by atoms with Gasteiger partial charge < -0.3 is 14.8 Å². The predicted molar refractivity (Wildman–Crippen MR) is 101 cm³/mol. The Kier molecular flexibility index (Phi) is 5.88. The van der Waals surface area contributed by atoms with E-state index in [-0.39, 0.29) is 12.3 Å². The molecule has 0 spiro atoms. The van der Waals surface area contributed by atoms with E-state index < -0.39 is 23.4 Å². The van der Waals surface area contributed by atoms with E-state index in [1.165, 1.54) is 29.3 Å². The third kappa shape index (κ3) is 4.85. The number of esters is 1. The van der Waals surface area contributed by atoms with Gasteiger partial charge in [0.2, 0.25) is 0 Å². The lowest BCUT2D eigenvalue weighted by atomic mass is 10.1. The van der Waals surface area contributed by atoms with Crippen molar-refractivity contribution in [3.63, 3.8) is 0 Å². The highest BCUT2D eigenvalue weighted by Gasteiger charge is 2.14. The number of hydrogen-bond donors (Lipinski definition) is 1. The Balaban J connectivity index is 1.44. The SMILES string of the molecule is Cc1cc([N+](=O)[O-])ccc1NC(=O)COC(=O)COc1ccc2c(c1)CCC2. The number of fused-ring (bicyclic) bond motifs is 1. The summed E-state index contributed by atoms with van der Waals surface area (Å²) in [4.78, 5) is 33.9. The number of nitrogens with one attached hydrogen (secondary N) is 1. The molecular weight excluding hydrogens is 364 g/mol. The third-order valence-electron chi connectivity index (χ3n) is 4.49. The molecule has 8 heteroatoms. The highest BCUT2D eigenvalue weighted by atomic mass is 16.6. The summed E-state index contributed by atoms with van der Waals surface area (Å²) in [5, 5.41) is 13.3. The summed E-state index contributed by atoms with van der Waals surface area (Å²) in [6, 6.07) is 9.83. The molecule has 0 aromatic heterocycles. The predicted octanol–water partition coefficient (Wildman–Crippen LogP) is 2.95. The van der Waals surface area contributed by atoms with Crippen LogP contribution >= 0.6 is 0 Å². The summed E-state index contributed by atoms with van der Waals surface area (Å²) in [7, 11) is 0. The van der Waals surface area contributed by atoms with Crippen molar-refractivity contribution in [2.24, 2.45) is 0 Å². The van der Waals surface area contributed by atoms with Gasteiger partial charge in [0.25, 0.3) is 11.6 Å². The second-order valence-electron chi connectivity index (χ2n) is 6.54. The number of non-ortho nitro benzene ring substituents is 1. The number of benzene rings is 2. The zero-order valence-corrected chi connectivity index (χ0v) is 15.4. The van der Waals surface area contributed by atoms with Gasteiger partial charge in [-0.15, -0.1) is 0 Å². The van der Waals surface area contributed by atoms with Crippen LogP contribution in [0.4, 0.5) is 11.4 Å². The Morgan fingerprint density at radius 3 is 2.64 bits per heavy atom. The van der Waals surface area contributed by atoms with Gasteiger partial charge in [0, 0.05) is 17.8 Å². The first kappa shape index (κ1) is 19.3. The van der Waals surface area contributed by atoms with Crippen molar-refractivity contribution in [1.29, 1.82) is 0 Å². The van der Waals surface area contributed by atoms with E-state index in [1.54, 1.807) is 6.92 Å². The fourth-order valence-electron chi connectivity index (χ4n) is 3.06. The summed E-state index contributed by atoms with van der Waals surface area (Å²) < 4.78 is 10.3. The molecule has 0 radical (unpaired) electrons. The van der Waals surface area contributed by atoms with Crippen LogP contribution in [0.1, 0.15) is 23.1 Å². The van der Waals surface area contributed by atoms with Crippen LogP contribution in [0.3, 0.4) is 0 Å². The first-order valence-electron chi connectivity index (χ1n) is 8.87. The van der Waals surface area contributed by atoms with Crippen molar-refractivity contribution < 1.29 is 24.0 Å². The quantitative estimate of drug-likeness (QED) is 0.447. The molecule has 146 valence electrons. The average molecular weight is 384 g/mol. The van der Waals surface area contributed by atoms with Crippen LogP contribution in [0, 0.1) is 17.0 Å². The molecule has 0 fully saturated rings. The van der Waals surface area contributed by atoms with E-state index in [0.717, 1.165) is 19.3 Å². The molecule has 3 rings (SSSR count). The van der Waals surface area contributed by atoms with E-state index in [4.69, 9.17) is 9.47 Å². The number of carbonyl (C=O) groups is 2. The number of hydrogen-bond acceptors (Lipinski definition) is 6. The van der Waals surface area contributed by atoms with Gasteiger partial charge in [-0.3, -0.25) is 14.9 Å². The van der Waals surface area contributed by atoms with Crippen molar-refractivity contribution in [3.8, 4) is 5.75 Å². The van der Waals surface area contributed by atoms with Crippen LogP contribution in [0.25, 0.3) is 0 Å². The molecule has 0 saturated carbocycles. The number of anilines is 1. The molecule has 2 aromatic rings. The zero-order valence-electron chi connectivity index (χ0n) is 15.4. The Labute approximate surface area is 161 Å². The van der Waals surface area contributed by atoms with Crippen molar-refractivity contribution in [2.75, 3.05) is 18.5 Å². The molecule has 0 atom stereocenters. The molecular formula is C20H20N2O6. The van der Waals surface area contributed by atoms with Gasteiger partial charge in [-0.05, 0) is 61.1 Å². The Morgan fingerprint density at radius 1 is 1.11 bits per heavy atom. The van der Waals surface area contributed by atoms with E-state index in [9.17, 15) is 19.7 Å². The fourth-order valence-corrected chi connectivity index (χ4v) is 3.06. The van der Waals surface area contributed by atoms with E-state index in [2.05, 4.69) is 5.32 Å². The Hall–Kier alpha value is -3.42. The molecule has 0 saturated heterocycles. The number of nitrogens with zero attached hydrogens (tertiary/aromatic N) is 1. The number of amides is 1. The number of carbonyl (C=O) groups excluding carboxylic acids is 2. The molecule has 28 heavy (non-hydrogen) atoms. The van der Waals surface area contributed by atoms with Crippen LogP contribution in [0.5, 0.6) is 5.75 Å². The van der Waals surface area contributed by atoms with Crippen molar-refractivity contribution in [1.82, 2.24) is 0 Å². The standard InChI is InChI=1S/C20H20N2O6/c1-13-9-16(22(25)26)6-8-18(13)21-19(23)11-28-20(24)12-27-17-7-5-14-3-2-4-15(14)10-17/h5-10H,2-4,11-12H2,1H3,(H,21,23). The van der Waals surface area contributed by atoms with Crippen LogP contribution in [-0.2, 0) is 27.2 Å². The van der Waals surface area contributed by atoms with Crippen LogP contribution < -0.4 is 10.1 Å². The Bertz CT molecular complexity index is 925. The van der Waals surface area contributed by atoms with Gasteiger partial charge in [0.05, 0.1) is 4.92 Å². The Morgan fingerprint density at radius 2 is 1.89 bits per heavy atom. The molecule has 0 unspecified atom stereocenters. The van der Waals surface area contributed by atoms with Crippen molar-refractivity contribution >= 4 is 23.3 Å². The molecule has 1 N–H and O–H groups in total. The molecule has 2 aromatic carbocycles. The largest absolute Gasteiger partial charge is 0.482 e. The molecule has 1 aliphatic carbocycles. The number of nitro groups is 1. The molecule has 0 bridgehead atoms. The molecule has 1 aliphatic rings. The van der Waals surface area contributed by atoms with Gasteiger partial charge in [-0.2, -0.15) is 0 Å². The number of nitro benzene ring substituents is 1. The maximum atomic E-state index is 11.9. The van der Waals surface area contributed by atoms with Gasteiger partial charge in [-0.25, -0.2) is 4.79 Å². The first-order valence-corrected chi connectivity index (χ1v) is 8.87. The third-order valence-corrected chi connectivity index (χ3v) is 4.49. The number of rotatable bonds is 7. The average Bonchev–Trinajstić information content (AvgIpc) is 3.14. The molecule has 8 nitrogen and oxygen atoms in total. The van der Waals surface area contributed by atoms with E-state index in [1.807, 2.05) is 18.2 Å². The lowest BCUT2D eigenvalue weighted by Crippen LogP contribution is -2.24. The van der Waals surface area contributed by atoms with Crippen molar-refractivity contribution in [3.05, 3.63) is 63.2 Å². The summed E-state index contributed by atoms with van der Waals surface area (Å²) in [6.45, 7) is 0.879. The zero-order chi connectivity index (χ0) is 20.1. The maximum Gasteiger partial charge on any atom is 0.344 e. The highest BCUT2D eigenvalue weighted by Crippen LogP contribution is 2.26. The van der Waals surface area contributed by atoms with Gasteiger partial charge in [0.1, 0.15) is 5.75 Å². The lowest BCUT2D eigenvalue weighted by Gasteiger charge is -2.10. The summed E-state index contributed by atoms with van der Waals surface area (Å²) in [5.41, 5.74) is 3.44. The minimum Gasteiger partial charge on any atom is -0.482 e. The summed E-state index contributed by atoms with van der Waals surface area (Å²) in [5.74, 6) is -0.595. The van der Waals surface area contributed by atoms with E-state index >= 15 is 0 Å². The van der Waals surface area contributed by atoms with Crippen LogP contribution in [0.2, 0.25) is 0 Å². The second-order valence-corrected chi connectivity index (χ2v) is 6.54. The summed E-state index contributed by atoms with van der Waals surface area (Å²) >= 11 is 0. The first-order chi connectivity index (χ1) is 13.4. The molecule has 1 amide bonds. The minimum atomic E-state index is -0.656. The van der Waals surface area contributed by atoms with E-state index in [0.29, 0.717) is 17.0 Å². The monoisotopic (exact) mass is 384 g/mol. The number of aryl methyl sites for hydroxylation is 3. The highest BCUT2D eigenvalue weighted by molar-refractivity contribution is 5.93. The van der Waals surface area contributed by atoms with Gasteiger partial charge >= 0.3 is 5.97 Å². The number of ether oxygens (including phenoxy) is 2. The van der Waals surface area contributed by atoms with Crippen LogP contribution in [0.15, 0.2) is 36.4 Å². The van der Waals surface area contributed by atoms with Gasteiger partial charge in [-0.1, -0.05) is 6.07 Å². The van der Waals surface area contributed by atoms with Crippen molar-refractivity contribution in [2.45, 2.75) is 26.2 Å². The maximum absolute atomic E-state index is 11.9. The van der Waals surface area contributed by atoms with Gasteiger partial charge in [0.15, 0.2) is 13.2 Å². The topological polar surface area (TPSA) is 108 Å².